The van der Waals surface area contributed by atoms with Gasteiger partial charge in [-0.15, -0.1) is 5.10 Å². The van der Waals surface area contributed by atoms with E-state index in [-0.39, 0.29) is 11.7 Å². The monoisotopic (exact) mass is 363 g/mol. The van der Waals surface area contributed by atoms with Crippen LogP contribution in [0.25, 0.3) is 0 Å². The molecule has 1 aromatic heterocycles. The van der Waals surface area contributed by atoms with E-state index >= 15 is 0 Å². The zero-order chi connectivity index (χ0) is 19.2. The van der Waals surface area contributed by atoms with Crippen LogP contribution in [0.15, 0.2) is 54.7 Å². The molecule has 0 saturated carbocycles. The Balaban J connectivity index is 1.78. The Morgan fingerprint density at radius 3 is 2.44 bits per heavy atom. The minimum atomic E-state index is -0.455. The van der Waals surface area contributed by atoms with E-state index in [2.05, 4.69) is 25.8 Å². The number of nitrogens with zero attached hydrogens (tertiary/aromatic N) is 3. The van der Waals surface area contributed by atoms with E-state index in [1.54, 1.807) is 48.5 Å². The van der Waals surface area contributed by atoms with Gasteiger partial charge in [0.15, 0.2) is 11.6 Å². The van der Waals surface area contributed by atoms with Crippen LogP contribution in [0.1, 0.15) is 27.6 Å². The summed E-state index contributed by atoms with van der Waals surface area (Å²) in [5, 5.41) is 13.9. The molecule has 2 aromatic carbocycles. The van der Waals surface area contributed by atoms with Crippen molar-refractivity contribution in [2.24, 2.45) is 0 Å². The van der Waals surface area contributed by atoms with Crippen molar-refractivity contribution < 1.29 is 14.3 Å². The van der Waals surface area contributed by atoms with Gasteiger partial charge < -0.3 is 15.4 Å². The molecule has 1 heterocycles. The molecule has 0 saturated heterocycles. The fraction of sp³-hybridized carbons (Fsp3) is 0.105. The number of carbonyl (C=O) groups is 2. The van der Waals surface area contributed by atoms with Crippen LogP contribution in [0.2, 0.25) is 0 Å². The van der Waals surface area contributed by atoms with Gasteiger partial charge in [-0.2, -0.15) is 10.1 Å². The molecule has 0 fully saturated rings. The standard InChI is InChI=1S/C19H17N5O3/c1-12(25)13-7-9-14(10-8-13)21-19-23-17(11-20-24-19)22-16-6-4-3-5-15(16)18(26)27-2/h3-11H,1-2H3,(H2,21,22,23,24). The average molecular weight is 363 g/mol. The maximum Gasteiger partial charge on any atom is 0.339 e. The molecule has 8 nitrogen and oxygen atoms in total. The fourth-order valence-corrected chi connectivity index (χ4v) is 2.35. The third kappa shape index (κ3) is 4.43. The molecule has 0 radical (unpaired) electrons. The number of benzene rings is 2. The van der Waals surface area contributed by atoms with Crippen molar-refractivity contribution in [3.63, 3.8) is 0 Å². The van der Waals surface area contributed by atoms with Crippen LogP contribution in [-0.2, 0) is 4.74 Å². The van der Waals surface area contributed by atoms with Gasteiger partial charge in [0.05, 0.1) is 24.6 Å². The molecular weight excluding hydrogens is 346 g/mol. The van der Waals surface area contributed by atoms with Gasteiger partial charge in [-0.05, 0) is 43.3 Å². The number of carbonyl (C=O) groups excluding carboxylic acids is 2. The van der Waals surface area contributed by atoms with E-state index in [0.29, 0.717) is 28.3 Å². The summed E-state index contributed by atoms with van der Waals surface area (Å²) in [5.41, 5.74) is 2.26. The second-order valence-electron chi connectivity index (χ2n) is 5.59. The Labute approximate surface area is 155 Å². The first-order valence-electron chi connectivity index (χ1n) is 8.09. The minimum Gasteiger partial charge on any atom is -0.465 e. The van der Waals surface area contributed by atoms with E-state index in [0.717, 1.165) is 0 Å². The summed E-state index contributed by atoms with van der Waals surface area (Å²) in [4.78, 5) is 27.5. The first-order chi connectivity index (χ1) is 13.1. The predicted molar refractivity (Wildman–Crippen MR) is 101 cm³/mol. The number of Topliss-reactive ketones (excluding diaryl/α,β-unsaturated/α-hetero) is 1. The molecule has 27 heavy (non-hydrogen) atoms. The van der Waals surface area contributed by atoms with Gasteiger partial charge in [-0.25, -0.2) is 4.79 Å². The lowest BCUT2D eigenvalue weighted by atomic mass is 10.1. The summed E-state index contributed by atoms with van der Waals surface area (Å²) < 4.78 is 4.78. The number of ether oxygens (including phenoxy) is 1. The predicted octanol–water partition coefficient (Wildman–Crippen LogP) is 3.35. The Hall–Kier alpha value is -3.81. The van der Waals surface area contributed by atoms with Crippen LogP contribution in [0.5, 0.6) is 0 Å². The van der Waals surface area contributed by atoms with Gasteiger partial charge in [-0.1, -0.05) is 12.1 Å². The lowest BCUT2D eigenvalue weighted by Gasteiger charge is -2.10. The van der Waals surface area contributed by atoms with Crippen molar-refractivity contribution >= 4 is 34.9 Å². The Morgan fingerprint density at radius 1 is 1.00 bits per heavy atom. The van der Waals surface area contributed by atoms with Crippen molar-refractivity contribution in [2.45, 2.75) is 6.92 Å². The van der Waals surface area contributed by atoms with E-state index in [4.69, 9.17) is 4.74 Å². The molecule has 0 aliphatic carbocycles. The van der Waals surface area contributed by atoms with Crippen LogP contribution in [0.4, 0.5) is 23.1 Å². The minimum absolute atomic E-state index is 0.00469. The van der Waals surface area contributed by atoms with Crippen LogP contribution >= 0.6 is 0 Å². The number of aromatic nitrogens is 3. The molecule has 2 N–H and O–H groups in total. The van der Waals surface area contributed by atoms with Crippen molar-refractivity contribution in [3.8, 4) is 0 Å². The summed E-state index contributed by atoms with van der Waals surface area (Å²) in [6, 6.07) is 13.9. The van der Waals surface area contributed by atoms with Gasteiger partial charge in [0, 0.05) is 11.3 Å². The van der Waals surface area contributed by atoms with E-state index in [9.17, 15) is 9.59 Å². The Kier molecular flexibility index (Phi) is 5.36. The topological polar surface area (TPSA) is 106 Å². The number of ketones is 1. The van der Waals surface area contributed by atoms with Crippen molar-refractivity contribution in [3.05, 3.63) is 65.9 Å². The van der Waals surface area contributed by atoms with Crippen LogP contribution < -0.4 is 10.6 Å². The molecule has 136 valence electrons. The van der Waals surface area contributed by atoms with Gasteiger partial charge in [0.1, 0.15) is 0 Å². The van der Waals surface area contributed by atoms with Gasteiger partial charge in [0.25, 0.3) is 0 Å². The quantitative estimate of drug-likeness (QED) is 0.507. The van der Waals surface area contributed by atoms with E-state index < -0.39 is 5.97 Å². The number of para-hydroxylation sites is 1. The summed E-state index contributed by atoms with van der Waals surface area (Å²) in [7, 11) is 1.32. The Bertz CT molecular complexity index is 973. The summed E-state index contributed by atoms with van der Waals surface area (Å²) >= 11 is 0. The number of rotatable bonds is 6. The third-order valence-corrected chi connectivity index (χ3v) is 3.70. The normalized spacial score (nSPS) is 10.1. The molecule has 0 bridgehead atoms. The first-order valence-corrected chi connectivity index (χ1v) is 8.09. The molecule has 0 spiro atoms. The van der Waals surface area contributed by atoms with Gasteiger partial charge in [-0.3, -0.25) is 4.79 Å². The second-order valence-corrected chi connectivity index (χ2v) is 5.59. The van der Waals surface area contributed by atoms with Crippen molar-refractivity contribution in [1.82, 2.24) is 15.2 Å². The summed E-state index contributed by atoms with van der Waals surface area (Å²) in [6.45, 7) is 1.51. The summed E-state index contributed by atoms with van der Waals surface area (Å²) in [6.07, 6.45) is 1.44. The molecule has 0 amide bonds. The molecule has 3 aromatic rings. The van der Waals surface area contributed by atoms with Crippen LogP contribution in [0.3, 0.4) is 0 Å². The average Bonchev–Trinajstić information content (AvgIpc) is 2.68. The van der Waals surface area contributed by atoms with Crippen molar-refractivity contribution in [1.29, 1.82) is 0 Å². The summed E-state index contributed by atoms with van der Waals surface area (Å²) in [5.74, 6) is 0.217. The molecule has 0 aliphatic rings. The fourth-order valence-electron chi connectivity index (χ4n) is 2.35. The highest BCUT2D eigenvalue weighted by molar-refractivity contribution is 5.96. The first kappa shape index (κ1) is 18.0. The number of hydrogen-bond donors (Lipinski definition) is 2. The smallest absolute Gasteiger partial charge is 0.339 e. The van der Waals surface area contributed by atoms with Crippen molar-refractivity contribution in [2.75, 3.05) is 17.7 Å². The van der Waals surface area contributed by atoms with Gasteiger partial charge in [0.2, 0.25) is 5.95 Å². The maximum absolute atomic E-state index is 11.9. The van der Waals surface area contributed by atoms with E-state index in [1.165, 1.54) is 20.2 Å². The van der Waals surface area contributed by atoms with Crippen LogP contribution in [0, 0.1) is 0 Å². The molecule has 8 heteroatoms. The van der Waals surface area contributed by atoms with Crippen LogP contribution in [-0.4, -0.2) is 34.0 Å². The Morgan fingerprint density at radius 2 is 1.74 bits per heavy atom. The SMILES string of the molecule is COC(=O)c1ccccc1Nc1cnnc(Nc2ccc(C(C)=O)cc2)n1. The molecular formula is C19H17N5O3. The number of nitrogens with one attached hydrogen (secondary N) is 2. The number of anilines is 4. The highest BCUT2D eigenvalue weighted by atomic mass is 16.5. The lowest BCUT2D eigenvalue weighted by molar-refractivity contribution is 0.0601. The zero-order valence-corrected chi connectivity index (χ0v) is 14.8. The highest BCUT2D eigenvalue weighted by Gasteiger charge is 2.12. The lowest BCUT2D eigenvalue weighted by Crippen LogP contribution is -2.07. The number of hydrogen-bond acceptors (Lipinski definition) is 8. The number of esters is 1. The van der Waals surface area contributed by atoms with E-state index in [1.807, 2.05) is 0 Å². The molecule has 0 unspecified atom stereocenters. The molecule has 0 aliphatic heterocycles. The highest BCUT2D eigenvalue weighted by Crippen LogP contribution is 2.21. The van der Waals surface area contributed by atoms with Gasteiger partial charge >= 0.3 is 5.97 Å². The molecule has 0 atom stereocenters. The largest absolute Gasteiger partial charge is 0.465 e. The number of methoxy groups -OCH3 is 1. The third-order valence-electron chi connectivity index (χ3n) is 3.70. The second kappa shape index (κ2) is 8.05. The molecule has 3 rings (SSSR count). The zero-order valence-electron chi connectivity index (χ0n) is 14.8. The maximum atomic E-state index is 11.9.